The molecule has 1 aromatic rings. The van der Waals surface area contributed by atoms with Gasteiger partial charge in [0, 0.05) is 13.1 Å². The summed E-state index contributed by atoms with van der Waals surface area (Å²) in [4.78, 5) is 25.8. The van der Waals surface area contributed by atoms with Crippen molar-refractivity contribution < 1.29 is 9.59 Å². The summed E-state index contributed by atoms with van der Waals surface area (Å²) in [5.41, 5.74) is 7.05. The fraction of sp³-hybridized carbons (Fsp3) is 0.467. The number of nitrogens with zero attached hydrogens (tertiary/aromatic N) is 1. The number of carbonyl (C=O) groups is 2. The zero-order chi connectivity index (χ0) is 14.5. The van der Waals surface area contributed by atoms with Crippen molar-refractivity contribution in [3.8, 4) is 0 Å². The monoisotopic (exact) mass is 275 g/mol. The van der Waals surface area contributed by atoms with E-state index in [2.05, 4.69) is 5.32 Å². The van der Waals surface area contributed by atoms with Gasteiger partial charge >= 0.3 is 0 Å². The van der Waals surface area contributed by atoms with Gasteiger partial charge in [0.2, 0.25) is 11.8 Å². The number of carbonyl (C=O) groups excluding carboxylic acids is 2. The molecular formula is C15H21N3O2. The Hall–Kier alpha value is -1.88. The summed E-state index contributed by atoms with van der Waals surface area (Å²) in [5.74, 6) is -0.227. The van der Waals surface area contributed by atoms with E-state index < -0.39 is 12.1 Å². The Morgan fingerprint density at radius 1 is 1.45 bits per heavy atom. The van der Waals surface area contributed by atoms with E-state index in [1.807, 2.05) is 37.3 Å². The van der Waals surface area contributed by atoms with Gasteiger partial charge in [-0.3, -0.25) is 9.59 Å². The van der Waals surface area contributed by atoms with Gasteiger partial charge in [-0.1, -0.05) is 37.3 Å². The zero-order valence-corrected chi connectivity index (χ0v) is 11.7. The first kappa shape index (κ1) is 14.5. The van der Waals surface area contributed by atoms with Gasteiger partial charge in [0.25, 0.3) is 0 Å². The Bertz CT molecular complexity index is 475. The number of hydrogen-bond acceptors (Lipinski definition) is 3. The highest BCUT2D eigenvalue weighted by Crippen LogP contribution is 2.12. The molecule has 0 saturated carbocycles. The predicted octanol–water partition coefficient (Wildman–Crippen LogP) is 0.293. The van der Waals surface area contributed by atoms with E-state index in [1.165, 1.54) is 0 Å². The first-order chi connectivity index (χ1) is 9.63. The van der Waals surface area contributed by atoms with Crippen molar-refractivity contribution in [2.75, 3.05) is 13.1 Å². The lowest BCUT2D eigenvalue weighted by atomic mass is 10.0. The van der Waals surface area contributed by atoms with Gasteiger partial charge < -0.3 is 16.0 Å². The van der Waals surface area contributed by atoms with Crippen LogP contribution in [0.1, 0.15) is 18.9 Å². The Kier molecular flexibility index (Phi) is 4.74. The molecule has 1 aliphatic rings. The van der Waals surface area contributed by atoms with Gasteiger partial charge in [-0.05, 0) is 18.4 Å². The fourth-order valence-electron chi connectivity index (χ4n) is 2.55. The van der Waals surface area contributed by atoms with Crippen LogP contribution >= 0.6 is 0 Å². The van der Waals surface area contributed by atoms with Gasteiger partial charge in [0.15, 0.2) is 0 Å². The maximum absolute atomic E-state index is 12.4. The Balaban J connectivity index is 2.04. The van der Waals surface area contributed by atoms with Crippen molar-refractivity contribution in [3.05, 3.63) is 35.9 Å². The van der Waals surface area contributed by atoms with E-state index in [0.717, 1.165) is 5.56 Å². The quantitative estimate of drug-likeness (QED) is 0.829. The molecule has 1 fully saturated rings. The van der Waals surface area contributed by atoms with E-state index in [9.17, 15) is 9.59 Å². The van der Waals surface area contributed by atoms with Crippen molar-refractivity contribution in [2.24, 2.45) is 5.73 Å². The lowest BCUT2D eigenvalue weighted by Gasteiger charge is -2.36. The lowest BCUT2D eigenvalue weighted by Crippen LogP contribution is -2.60. The third kappa shape index (κ3) is 3.17. The number of amides is 2. The minimum atomic E-state index is -0.600. The molecule has 1 aliphatic heterocycles. The van der Waals surface area contributed by atoms with Crippen LogP contribution in [-0.4, -0.2) is 41.9 Å². The highest BCUT2D eigenvalue weighted by atomic mass is 16.2. The van der Waals surface area contributed by atoms with Crippen LogP contribution in [-0.2, 0) is 16.0 Å². The van der Waals surface area contributed by atoms with Gasteiger partial charge in [0.05, 0.1) is 6.04 Å². The molecule has 3 N–H and O–H groups in total. The number of benzene rings is 1. The standard InChI is InChI=1S/C15H21N3O2/c1-2-13-14(19)17-8-9-18(13)15(20)12(16)10-11-6-4-3-5-7-11/h3-7,12-13H,2,8-10,16H2,1H3,(H,17,19). The Morgan fingerprint density at radius 3 is 2.80 bits per heavy atom. The molecule has 1 saturated heterocycles. The van der Waals surface area contributed by atoms with Gasteiger partial charge in [0.1, 0.15) is 6.04 Å². The summed E-state index contributed by atoms with van der Waals surface area (Å²) in [6, 6.07) is 8.70. The molecule has 5 heteroatoms. The topological polar surface area (TPSA) is 75.4 Å². The summed E-state index contributed by atoms with van der Waals surface area (Å²) >= 11 is 0. The normalized spacial score (nSPS) is 20.4. The summed E-state index contributed by atoms with van der Waals surface area (Å²) in [7, 11) is 0. The van der Waals surface area contributed by atoms with Crippen LogP contribution < -0.4 is 11.1 Å². The van der Waals surface area contributed by atoms with Crippen LogP contribution in [0, 0.1) is 0 Å². The fourth-order valence-corrected chi connectivity index (χ4v) is 2.55. The lowest BCUT2D eigenvalue weighted by molar-refractivity contribution is -0.144. The van der Waals surface area contributed by atoms with Crippen LogP contribution in [0.2, 0.25) is 0 Å². The average Bonchev–Trinajstić information content (AvgIpc) is 2.47. The van der Waals surface area contributed by atoms with Crippen LogP contribution in [0.4, 0.5) is 0 Å². The summed E-state index contributed by atoms with van der Waals surface area (Å²) < 4.78 is 0. The van der Waals surface area contributed by atoms with E-state index in [1.54, 1.807) is 4.90 Å². The largest absolute Gasteiger partial charge is 0.353 e. The van der Waals surface area contributed by atoms with Gasteiger partial charge in [-0.25, -0.2) is 0 Å². The molecule has 0 spiro atoms. The molecule has 2 amide bonds. The van der Waals surface area contributed by atoms with Crippen molar-refractivity contribution in [2.45, 2.75) is 31.8 Å². The molecular weight excluding hydrogens is 254 g/mol. The first-order valence-corrected chi connectivity index (χ1v) is 7.01. The number of hydrogen-bond donors (Lipinski definition) is 2. The number of nitrogens with two attached hydrogens (primary N) is 1. The van der Waals surface area contributed by atoms with E-state index in [4.69, 9.17) is 5.73 Å². The van der Waals surface area contributed by atoms with Crippen molar-refractivity contribution >= 4 is 11.8 Å². The van der Waals surface area contributed by atoms with Crippen molar-refractivity contribution in [1.29, 1.82) is 0 Å². The second kappa shape index (κ2) is 6.52. The molecule has 2 atom stereocenters. The van der Waals surface area contributed by atoms with Crippen LogP contribution in [0.3, 0.4) is 0 Å². The molecule has 0 radical (unpaired) electrons. The minimum absolute atomic E-state index is 0.0842. The summed E-state index contributed by atoms with van der Waals surface area (Å²) in [6.45, 7) is 2.93. The number of piperazine rings is 1. The third-order valence-electron chi connectivity index (χ3n) is 3.62. The maximum atomic E-state index is 12.4. The highest BCUT2D eigenvalue weighted by Gasteiger charge is 2.33. The molecule has 0 aliphatic carbocycles. The molecule has 5 nitrogen and oxygen atoms in total. The van der Waals surface area contributed by atoms with Gasteiger partial charge in [-0.15, -0.1) is 0 Å². The molecule has 20 heavy (non-hydrogen) atoms. The average molecular weight is 275 g/mol. The molecule has 1 aromatic carbocycles. The second-order valence-corrected chi connectivity index (χ2v) is 5.04. The van der Waals surface area contributed by atoms with Crippen LogP contribution in [0.25, 0.3) is 0 Å². The van der Waals surface area contributed by atoms with Gasteiger partial charge in [-0.2, -0.15) is 0 Å². The van der Waals surface area contributed by atoms with E-state index >= 15 is 0 Å². The third-order valence-corrected chi connectivity index (χ3v) is 3.62. The van der Waals surface area contributed by atoms with Crippen LogP contribution in [0.15, 0.2) is 30.3 Å². The van der Waals surface area contributed by atoms with Crippen LogP contribution in [0.5, 0.6) is 0 Å². The van der Waals surface area contributed by atoms with E-state index in [0.29, 0.717) is 25.9 Å². The number of rotatable bonds is 4. The minimum Gasteiger partial charge on any atom is -0.353 e. The second-order valence-electron chi connectivity index (χ2n) is 5.04. The smallest absolute Gasteiger partial charge is 0.242 e. The van der Waals surface area contributed by atoms with Crippen molar-refractivity contribution in [1.82, 2.24) is 10.2 Å². The summed E-state index contributed by atoms with van der Waals surface area (Å²) in [5, 5.41) is 2.78. The Morgan fingerprint density at radius 2 is 2.15 bits per heavy atom. The molecule has 0 aromatic heterocycles. The molecule has 1 heterocycles. The molecule has 2 unspecified atom stereocenters. The molecule has 108 valence electrons. The molecule has 0 bridgehead atoms. The highest BCUT2D eigenvalue weighted by molar-refractivity contribution is 5.90. The Labute approximate surface area is 119 Å². The van der Waals surface area contributed by atoms with Crippen molar-refractivity contribution in [3.63, 3.8) is 0 Å². The first-order valence-electron chi connectivity index (χ1n) is 7.01. The maximum Gasteiger partial charge on any atom is 0.242 e. The summed E-state index contributed by atoms with van der Waals surface area (Å²) in [6.07, 6.45) is 1.10. The predicted molar refractivity (Wildman–Crippen MR) is 76.9 cm³/mol. The number of nitrogens with one attached hydrogen (secondary N) is 1. The SMILES string of the molecule is CCC1C(=O)NCCN1C(=O)C(N)Cc1ccccc1. The van der Waals surface area contributed by atoms with E-state index in [-0.39, 0.29) is 11.8 Å². The molecule has 2 rings (SSSR count). The zero-order valence-electron chi connectivity index (χ0n) is 11.7.